The van der Waals surface area contributed by atoms with Crippen LogP contribution in [-0.4, -0.2) is 25.5 Å². The topological polar surface area (TPSA) is 0 Å². The van der Waals surface area contributed by atoms with Crippen LogP contribution in [0.25, 0.3) is 30.6 Å². The van der Waals surface area contributed by atoms with Crippen LogP contribution < -0.4 is 0 Å². The third-order valence-electron chi connectivity index (χ3n) is 5.89. The summed E-state index contributed by atoms with van der Waals surface area (Å²) in [5, 5.41) is 8.24. The minimum Gasteiger partial charge on any atom is -0.149 e. The molecule has 0 bridgehead atoms. The number of hydrogen-bond donors (Lipinski definition) is 0. The Morgan fingerprint density at radius 2 is 1.06 bits per heavy atom. The van der Waals surface area contributed by atoms with Gasteiger partial charge < -0.3 is 0 Å². The van der Waals surface area contributed by atoms with Crippen molar-refractivity contribution >= 4 is 113 Å². The van der Waals surface area contributed by atoms with Crippen LogP contribution in [0.5, 0.6) is 0 Å². The summed E-state index contributed by atoms with van der Waals surface area (Å²) in [6, 6.07) is 38.5. The van der Waals surface area contributed by atoms with Gasteiger partial charge >= 0.3 is 0 Å². The Hall–Kier alpha value is -1.86. The molecule has 0 radical (unpaired) electrons. The lowest BCUT2D eigenvalue weighted by atomic mass is 10.1. The maximum Gasteiger partial charge on any atom is 0.0445 e. The molecule has 0 aliphatic rings. The molecule has 7 rings (SSSR count). The first kappa shape index (κ1) is 45.1. The maximum atomic E-state index is 4.64. The molecule has 0 aliphatic heterocycles. The number of rotatable bonds is 2. The minimum absolute atomic E-state index is 1.18. The van der Waals surface area contributed by atoms with Crippen molar-refractivity contribution in [3.05, 3.63) is 140 Å². The second-order valence-corrected chi connectivity index (χ2v) is 13.6. The highest BCUT2D eigenvalue weighted by atomic mass is 35.5. The number of hydrogen-bond acceptors (Lipinski definition) is 4. The number of alkyl halides is 4. The van der Waals surface area contributed by atoms with Crippen molar-refractivity contribution in [1.29, 1.82) is 0 Å². The molecule has 4 heterocycles. The van der Waals surface area contributed by atoms with Crippen LogP contribution in [0, 0.1) is 20.8 Å². The van der Waals surface area contributed by atoms with E-state index < -0.39 is 0 Å². The van der Waals surface area contributed by atoms with Gasteiger partial charge in [-0.05, 0) is 90.5 Å². The van der Waals surface area contributed by atoms with Gasteiger partial charge in [-0.15, -0.1) is 91.8 Å². The quantitative estimate of drug-likeness (QED) is 0.153. The number of aryl methyl sites for hydroxylation is 4. The van der Waals surface area contributed by atoms with Gasteiger partial charge in [-0.3, -0.25) is 0 Å². The first-order chi connectivity index (χ1) is 23.0. The maximum absolute atomic E-state index is 4.64. The second-order valence-electron chi connectivity index (χ2n) is 9.07. The van der Waals surface area contributed by atoms with Crippen LogP contribution >= 0.6 is 91.8 Å². The molecule has 0 N–H and O–H groups in total. The molecule has 0 atom stereocenters. The highest BCUT2D eigenvalue weighted by Gasteiger charge is 1.99. The molecule has 0 saturated heterocycles. The minimum atomic E-state index is 1.18. The molecule has 4 aromatic heterocycles. The Morgan fingerprint density at radius 3 is 1.57 bits per heavy atom. The summed E-state index contributed by atoms with van der Waals surface area (Å²) in [6.45, 7) is 8.57. The van der Waals surface area contributed by atoms with E-state index in [2.05, 4.69) is 194 Å². The molecule has 3 aromatic carbocycles. The SMILES string of the molecule is CCc1cccs1.CCl.CCl.CCl.CCl.Cc1cc2ccccc2s1.Cc1ccc(-c2cccs2)s1.Cc1ccc2ccccc2c1. The van der Waals surface area contributed by atoms with E-state index in [1.54, 1.807) is 11.3 Å². The molecule has 47 heavy (non-hydrogen) atoms. The smallest absolute Gasteiger partial charge is 0.0445 e. The molecule has 8 heteroatoms. The highest BCUT2D eigenvalue weighted by molar-refractivity contribution is 7.21. The van der Waals surface area contributed by atoms with Gasteiger partial charge in [0, 0.05) is 54.6 Å². The zero-order chi connectivity index (χ0) is 35.5. The molecular weight excluding hydrogens is 739 g/mol. The number of halogens is 4. The first-order valence-electron chi connectivity index (χ1n) is 14.6. The van der Waals surface area contributed by atoms with E-state index in [9.17, 15) is 0 Å². The first-order valence-corrected chi connectivity index (χ1v) is 21.0. The van der Waals surface area contributed by atoms with Crippen LogP contribution in [0.1, 0.15) is 27.1 Å². The standard InChI is InChI=1S/C11H10.C9H8S2.C9H8S.C6H8S.4CH3Cl/c1-9-6-7-10-4-2-3-5-11(10)8-9;1-7-4-5-9(11-7)8-3-2-6-10-8;1-7-6-8-4-2-3-5-9(8)10-7;1-2-6-4-3-5-7-6;4*1-2/h2-8H,1H3;2-6H,1H3;2-6H,1H3;3-5H,2H2,1H3;4*1H3. The summed E-state index contributed by atoms with van der Waals surface area (Å²) in [6.07, 6.45) is 7.07. The second kappa shape index (κ2) is 29.1. The predicted molar refractivity (Wildman–Crippen MR) is 228 cm³/mol. The summed E-state index contributed by atoms with van der Waals surface area (Å²) >= 11 is 25.9. The van der Waals surface area contributed by atoms with Gasteiger partial charge in [-0.25, -0.2) is 0 Å². The average Bonchev–Trinajstić information content (AvgIpc) is 3.97. The fourth-order valence-electron chi connectivity index (χ4n) is 3.92. The Balaban J connectivity index is 0.000000565. The monoisotopic (exact) mass is 782 g/mol. The lowest BCUT2D eigenvalue weighted by Crippen LogP contribution is -1.73. The molecule has 0 unspecified atom stereocenters. The fourth-order valence-corrected chi connectivity index (χ4v) is 7.20. The van der Waals surface area contributed by atoms with Gasteiger partial charge in [-0.2, -0.15) is 0 Å². The molecule has 0 nitrogen and oxygen atoms in total. The summed E-state index contributed by atoms with van der Waals surface area (Å²) in [5.41, 5.74) is 1.32. The molecule has 0 spiro atoms. The Morgan fingerprint density at radius 1 is 0.468 bits per heavy atom. The van der Waals surface area contributed by atoms with E-state index in [-0.39, 0.29) is 0 Å². The van der Waals surface area contributed by atoms with E-state index in [0.29, 0.717) is 0 Å². The number of thiophene rings is 4. The van der Waals surface area contributed by atoms with Crippen molar-refractivity contribution in [2.45, 2.75) is 34.1 Å². The molecule has 0 saturated carbocycles. The lowest BCUT2D eigenvalue weighted by molar-refractivity contribution is 1.19. The Bertz CT molecular complexity index is 1650. The zero-order valence-electron chi connectivity index (χ0n) is 28.4. The molecule has 7 aromatic rings. The van der Waals surface area contributed by atoms with Crippen molar-refractivity contribution in [1.82, 2.24) is 0 Å². The van der Waals surface area contributed by atoms with E-state index in [0.717, 1.165) is 0 Å². The van der Waals surface area contributed by atoms with Crippen LogP contribution in [-0.2, 0) is 6.42 Å². The summed E-state index contributed by atoms with van der Waals surface area (Å²) in [7, 11) is 0. The Kier molecular flexibility index (Phi) is 27.9. The van der Waals surface area contributed by atoms with E-state index in [1.165, 1.54) is 82.8 Å². The lowest BCUT2D eigenvalue weighted by Gasteiger charge is -1.96. The van der Waals surface area contributed by atoms with E-state index in [1.807, 2.05) is 34.0 Å². The average molecular weight is 785 g/mol. The molecule has 254 valence electrons. The molecule has 0 amide bonds. The normalized spacial score (nSPS) is 8.94. The van der Waals surface area contributed by atoms with Crippen molar-refractivity contribution in [3.63, 3.8) is 0 Å². The fraction of sp³-hybridized carbons (Fsp3) is 0.231. The van der Waals surface area contributed by atoms with E-state index >= 15 is 0 Å². The van der Waals surface area contributed by atoms with Gasteiger partial charge in [0.25, 0.3) is 0 Å². The van der Waals surface area contributed by atoms with Gasteiger partial charge in [0.1, 0.15) is 0 Å². The van der Waals surface area contributed by atoms with Crippen LogP contribution in [0.2, 0.25) is 0 Å². The van der Waals surface area contributed by atoms with Crippen LogP contribution in [0.15, 0.2) is 120 Å². The molecule has 0 fully saturated rings. The molecule has 0 aliphatic carbocycles. The zero-order valence-corrected chi connectivity index (χ0v) is 34.7. The van der Waals surface area contributed by atoms with Gasteiger partial charge in [0.05, 0.1) is 0 Å². The van der Waals surface area contributed by atoms with E-state index in [4.69, 9.17) is 0 Å². The summed E-state index contributed by atoms with van der Waals surface area (Å²) in [5.74, 6) is 0. The van der Waals surface area contributed by atoms with Crippen LogP contribution in [0.4, 0.5) is 0 Å². The van der Waals surface area contributed by atoms with Crippen LogP contribution in [0.3, 0.4) is 0 Å². The predicted octanol–water partition coefficient (Wildman–Crippen LogP) is 15.9. The third kappa shape index (κ3) is 17.9. The van der Waals surface area contributed by atoms with Crippen molar-refractivity contribution < 1.29 is 0 Å². The largest absolute Gasteiger partial charge is 0.149 e. The highest BCUT2D eigenvalue weighted by Crippen LogP contribution is 2.30. The van der Waals surface area contributed by atoms with Gasteiger partial charge in [0.15, 0.2) is 0 Å². The number of fused-ring (bicyclic) bond motifs is 2. The summed E-state index contributed by atoms with van der Waals surface area (Å²) in [4.78, 5) is 7.01. The summed E-state index contributed by atoms with van der Waals surface area (Å²) < 4.78 is 1.39. The van der Waals surface area contributed by atoms with Crippen molar-refractivity contribution in [3.8, 4) is 9.75 Å². The third-order valence-corrected chi connectivity index (χ3v) is 10.0. The van der Waals surface area contributed by atoms with Gasteiger partial charge in [0.2, 0.25) is 0 Å². The number of benzene rings is 3. The Labute approximate surface area is 319 Å². The van der Waals surface area contributed by atoms with Crippen molar-refractivity contribution in [2.75, 3.05) is 25.5 Å². The van der Waals surface area contributed by atoms with Gasteiger partial charge in [-0.1, -0.05) is 85.3 Å². The van der Waals surface area contributed by atoms with Crippen molar-refractivity contribution in [2.24, 2.45) is 0 Å². The molecular formula is C39H46Cl4S4.